The molecule has 1 fully saturated rings. The maximum atomic E-state index is 14.4. The van der Waals surface area contributed by atoms with E-state index in [2.05, 4.69) is 21.7 Å². The van der Waals surface area contributed by atoms with E-state index < -0.39 is 5.67 Å². The van der Waals surface area contributed by atoms with Crippen molar-refractivity contribution in [2.24, 2.45) is 0 Å². The molecular weight excluding hydrogens is 293 g/mol. The zero-order chi connectivity index (χ0) is 15.9. The molecule has 2 aliphatic rings. The van der Waals surface area contributed by atoms with Crippen molar-refractivity contribution in [3.8, 4) is 11.3 Å². The van der Waals surface area contributed by atoms with E-state index in [4.69, 9.17) is 0 Å². The van der Waals surface area contributed by atoms with Crippen LogP contribution >= 0.6 is 0 Å². The fourth-order valence-electron chi connectivity index (χ4n) is 3.46. The van der Waals surface area contributed by atoms with E-state index in [1.807, 2.05) is 24.4 Å². The van der Waals surface area contributed by atoms with Crippen LogP contribution in [0.2, 0.25) is 0 Å². The Hall–Kier alpha value is -2.17. The number of carbonyl (C=O) groups excluding carboxylic acids is 1. The van der Waals surface area contributed by atoms with E-state index in [-0.39, 0.29) is 5.91 Å². The highest BCUT2D eigenvalue weighted by Crippen LogP contribution is 2.37. The van der Waals surface area contributed by atoms with E-state index in [1.165, 1.54) is 0 Å². The number of fused-ring (bicyclic) bond motifs is 1. The van der Waals surface area contributed by atoms with Gasteiger partial charge < -0.3 is 9.47 Å². The molecule has 0 saturated heterocycles. The maximum Gasteiger partial charge on any atom is 0.260 e. The van der Waals surface area contributed by atoms with Crippen molar-refractivity contribution in [1.29, 1.82) is 0 Å². The number of rotatable bonds is 2. The molecule has 0 N–H and O–H groups in total. The highest BCUT2D eigenvalue weighted by atomic mass is 19.1. The first kappa shape index (κ1) is 14.4. The smallest absolute Gasteiger partial charge is 0.260 e. The molecule has 1 aromatic carbocycles. The summed E-state index contributed by atoms with van der Waals surface area (Å²) in [5, 5.41) is 0. The Morgan fingerprint density at radius 3 is 2.61 bits per heavy atom. The molecule has 2 heterocycles. The molecule has 4 nitrogen and oxygen atoms in total. The summed E-state index contributed by atoms with van der Waals surface area (Å²) in [4.78, 5) is 18.6. The number of aromatic nitrogens is 2. The zero-order valence-electron chi connectivity index (χ0n) is 13.0. The minimum Gasteiger partial charge on any atom is -0.338 e. The summed E-state index contributed by atoms with van der Waals surface area (Å²) in [6.07, 6.45) is 4.14. The topological polar surface area (TPSA) is 38.1 Å². The van der Waals surface area contributed by atoms with Crippen molar-refractivity contribution in [2.45, 2.75) is 37.9 Å². The molecule has 120 valence electrons. The van der Waals surface area contributed by atoms with Gasteiger partial charge in [0, 0.05) is 26.1 Å². The number of benzene rings is 1. The van der Waals surface area contributed by atoms with Crippen molar-refractivity contribution in [2.75, 3.05) is 13.1 Å². The Bertz CT molecular complexity index is 721. The van der Waals surface area contributed by atoms with Crippen molar-refractivity contribution < 1.29 is 9.18 Å². The van der Waals surface area contributed by atoms with Crippen LogP contribution in [-0.2, 0) is 17.8 Å². The number of amides is 1. The molecule has 1 saturated carbocycles. The largest absolute Gasteiger partial charge is 0.338 e. The van der Waals surface area contributed by atoms with Crippen LogP contribution in [0.5, 0.6) is 0 Å². The summed E-state index contributed by atoms with van der Waals surface area (Å²) < 4.78 is 16.6. The predicted molar refractivity (Wildman–Crippen MR) is 85.6 cm³/mol. The van der Waals surface area contributed by atoms with Gasteiger partial charge in [-0.15, -0.1) is 0 Å². The lowest BCUT2D eigenvalue weighted by Gasteiger charge is -2.36. The third-order valence-electron chi connectivity index (χ3n) is 5.02. The summed E-state index contributed by atoms with van der Waals surface area (Å²) in [6, 6.07) is 10.1. The van der Waals surface area contributed by atoms with Crippen LogP contribution in [0.4, 0.5) is 4.39 Å². The summed E-state index contributed by atoms with van der Waals surface area (Å²) >= 11 is 0. The van der Waals surface area contributed by atoms with Crippen molar-refractivity contribution in [3.05, 3.63) is 42.4 Å². The van der Waals surface area contributed by atoms with Gasteiger partial charge in [-0.25, -0.2) is 9.37 Å². The van der Waals surface area contributed by atoms with Gasteiger partial charge in [0.25, 0.3) is 5.91 Å². The Kier molecular flexibility index (Phi) is 3.43. The minimum atomic E-state index is -1.60. The van der Waals surface area contributed by atoms with Crippen molar-refractivity contribution in [1.82, 2.24) is 14.5 Å². The Labute approximate surface area is 134 Å². The van der Waals surface area contributed by atoms with Crippen LogP contribution in [0.1, 0.15) is 25.1 Å². The van der Waals surface area contributed by atoms with Crippen LogP contribution in [0.3, 0.4) is 0 Å². The number of carbonyl (C=O) groups is 1. The molecule has 0 atom stereocenters. The molecule has 0 radical (unpaired) electrons. The van der Waals surface area contributed by atoms with Gasteiger partial charge in [-0.1, -0.05) is 30.3 Å². The molecule has 5 heteroatoms. The lowest BCUT2D eigenvalue weighted by atomic mass is 9.81. The number of halogens is 1. The molecule has 23 heavy (non-hydrogen) atoms. The predicted octanol–water partition coefficient (Wildman–Crippen LogP) is 2.83. The SMILES string of the molecule is O=C(N1CCc2ncc(-c3ccccc3)n2CC1)C1(F)CCC1. The molecule has 0 bridgehead atoms. The Morgan fingerprint density at radius 2 is 1.91 bits per heavy atom. The van der Waals surface area contributed by atoms with Crippen molar-refractivity contribution >= 4 is 5.91 Å². The Balaban J connectivity index is 1.56. The molecule has 1 amide bonds. The molecule has 1 aliphatic heterocycles. The number of imidazole rings is 1. The monoisotopic (exact) mass is 313 g/mol. The van der Waals surface area contributed by atoms with Gasteiger partial charge in [0.05, 0.1) is 11.9 Å². The zero-order valence-corrected chi connectivity index (χ0v) is 13.0. The number of hydrogen-bond acceptors (Lipinski definition) is 2. The van der Waals surface area contributed by atoms with Gasteiger partial charge >= 0.3 is 0 Å². The van der Waals surface area contributed by atoms with E-state index in [0.717, 1.165) is 23.5 Å². The minimum absolute atomic E-state index is 0.323. The molecule has 1 aromatic heterocycles. The van der Waals surface area contributed by atoms with Crippen LogP contribution in [-0.4, -0.2) is 39.1 Å². The number of hydrogen-bond donors (Lipinski definition) is 0. The highest BCUT2D eigenvalue weighted by Gasteiger charge is 2.47. The second-order valence-electron chi connectivity index (χ2n) is 6.44. The first-order valence-corrected chi connectivity index (χ1v) is 8.25. The summed E-state index contributed by atoms with van der Waals surface area (Å²) in [7, 11) is 0. The average Bonchev–Trinajstić information content (AvgIpc) is 2.84. The second-order valence-corrected chi connectivity index (χ2v) is 6.44. The average molecular weight is 313 g/mol. The molecular formula is C18H20FN3O. The molecule has 2 aromatic rings. The molecule has 1 aliphatic carbocycles. The first-order chi connectivity index (χ1) is 11.2. The molecule has 4 rings (SSSR count). The van der Waals surface area contributed by atoms with Crippen LogP contribution < -0.4 is 0 Å². The van der Waals surface area contributed by atoms with E-state index in [9.17, 15) is 9.18 Å². The van der Waals surface area contributed by atoms with Gasteiger partial charge in [-0.2, -0.15) is 0 Å². The third kappa shape index (κ3) is 2.44. The lowest BCUT2D eigenvalue weighted by Crippen LogP contribution is -2.51. The molecule has 0 spiro atoms. The van der Waals surface area contributed by atoms with Crippen LogP contribution in [0.15, 0.2) is 36.5 Å². The quantitative estimate of drug-likeness (QED) is 0.855. The number of nitrogens with zero attached hydrogens (tertiary/aromatic N) is 3. The van der Waals surface area contributed by atoms with E-state index in [0.29, 0.717) is 38.9 Å². The summed E-state index contributed by atoms with van der Waals surface area (Å²) in [5.74, 6) is 0.649. The van der Waals surface area contributed by atoms with E-state index >= 15 is 0 Å². The normalized spacial score (nSPS) is 19.6. The van der Waals surface area contributed by atoms with Crippen LogP contribution in [0, 0.1) is 0 Å². The van der Waals surface area contributed by atoms with Gasteiger partial charge in [-0.3, -0.25) is 4.79 Å². The fraction of sp³-hybridized carbons (Fsp3) is 0.444. The highest BCUT2D eigenvalue weighted by molar-refractivity contribution is 5.86. The number of alkyl halides is 1. The summed E-state index contributed by atoms with van der Waals surface area (Å²) in [5.41, 5.74) is 0.579. The maximum absolute atomic E-state index is 14.4. The second kappa shape index (κ2) is 5.48. The van der Waals surface area contributed by atoms with E-state index in [1.54, 1.807) is 4.90 Å². The lowest BCUT2D eigenvalue weighted by molar-refractivity contribution is -0.149. The van der Waals surface area contributed by atoms with Gasteiger partial charge in [0.15, 0.2) is 5.67 Å². The third-order valence-corrected chi connectivity index (χ3v) is 5.02. The molecule has 0 unspecified atom stereocenters. The fourth-order valence-corrected chi connectivity index (χ4v) is 3.46. The first-order valence-electron chi connectivity index (χ1n) is 8.25. The van der Waals surface area contributed by atoms with Gasteiger partial charge in [0.1, 0.15) is 5.82 Å². The van der Waals surface area contributed by atoms with Crippen molar-refractivity contribution in [3.63, 3.8) is 0 Å². The Morgan fingerprint density at radius 1 is 1.13 bits per heavy atom. The van der Waals surface area contributed by atoms with Gasteiger partial charge in [-0.05, 0) is 24.8 Å². The standard InChI is InChI=1S/C18H20FN3O/c19-18(8-4-9-18)17(23)21-10-7-16-20-13-15(22(16)12-11-21)14-5-2-1-3-6-14/h1-3,5-6,13H,4,7-12H2. The van der Waals surface area contributed by atoms with Gasteiger partial charge in [0.2, 0.25) is 0 Å². The summed E-state index contributed by atoms with van der Waals surface area (Å²) in [6.45, 7) is 1.77. The van der Waals surface area contributed by atoms with Crippen LogP contribution in [0.25, 0.3) is 11.3 Å².